The van der Waals surface area contributed by atoms with Gasteiger partial charge in [0.05, 0.1) is 5.39 Å². The van der Waals surface area contributed by atoms with Crippen molar-refractivity contribution in [3.63, 3.8) is 0 Å². The standard InChI is InChI=1S/C15H18N2O3/c1-4-17(5-2)15(20)12-13(18)10-8-6-7-9-11(10)14(19)16(12)3/h6-9,18H,4-5H2,1-3H3. The zero-order valence-corrected chi connectivity index (χ0v) is 11.9. The number of hydrogen-bond acceptors (Lipinski definition) is 3. The van der Waals surface area contributed by atoms with Crippen LogP contribution in [0.5, 0.6) is 5.75 Å². The van der Waals surface area contributed by atoms with E-state index < -0.39 is 0 Å². The van der Waals surface area contributed by atoms with Crippen molar-refractivity contribution in [1.29, 1.82) is 0 Å². The van der Waals surface area contributed by atoms with Gasteiger partial charge in [-0.3, -0.25) is 9.59 Å². The summed E-state index contributed by atoms with van der Waals surface area (Å²) >= 11 is 0. The van der Waals surface area contributed by atoms with E-state index in [0.717, 1.165) is 0 Å². The molecule has 2 rings (SSSR count). The third-order valence-electron chi connectivity index (χ3n) is 3.53. The van der Waals surface area contributed by atoms with Crippen LogP contribution in [0.15, 0.2) is 29.1 Å². The molecular formula is C15H18N2O3. The highest BCUT2D eigenvalue weighted by Crippen LogP contribution is 2.26. The molecule has 0 unspecified atom stereocenters. The molecule has 1 aromatic heterocycles. The van der Waals surface area contributed by atoms with E-state index >= 15 is 0 Å². The molecular weight excluding hydrogens is 256 g/mol. The van der Waals surface area contributed by atoms with Crippen LogP contribution in [0.2, 0.25) is 0 Å². The van der Waals surface area contributed by atoms with Crippen LogP contribution in [0.25, 0.3) is 10.8 Å². The number of rotatable bonds is 3. The van der Waals surface area contributed by atoms with Crippen molar-refractivity contribution in [3.8, 4) is 5.75 Å². The Bertz CT molecular complexity index is 715. The third kappa shape index (κ3) is 2.05. The first-order valence-electron chi connectivity index (χ1n) is 6.62. The monoisotopic (exact) mass is 274 g/mol. The second-order valence-electron chi connectivity index (χ2n) is 4.58. The molecule has 5 heteroatoms. The summed E-state index contributed by atoms with van der Waals surface area (Å²) in [6.07, 6.45) is 0. The Morgan fingerprint density at radius 2 is 1.75 bits per heavy atom. The van der Waals surface area contributed by atoms with E-state index in [9.17, 15) is 14.7 Å². The van der Waals surface area contributed by atoms with E-state index in [4.69, 9.17) is 0 Å². The Morgan fingerprint density at radius 3 is 2.30 bits per heavy atom. The average molecular weight is 274 g/mol. The van der Waals surface area contributed by atoms with E-state index in [0.29, 0.717) is 23.9 Å². The average Bonchev–Trinajstić information content (AvgIpc) is 2.46. The van der Waals surface area contributed by atoms with E-state index in [1.165, 1.54) is 11.6 Å². The van der Waals surface area contributed by atoms with Gasteiger partial charge >= 0.3 is 0 Å². The molecule has 0 radical (unpaired) electrons. The lowest BCUT2D eigenvalue weighted by Crippen LogP contribution is -2.35. The van der Waals surface area contributed by atoms with Crippen LogP contribution in [0, 0.1) is 0 Å². The predicted molar refractivity (Wildman–Crippen MR) is 78.1 cm³/mol. The van der Waals surface area contributed by atoms with Crippen molar-refractivity contribution in [2.24, 2.45) is 7.05 Å². The van der Waals surface area contributed by atoms with Gasteiger partial charge in [-0.15, -0.1) is 0 Å². The topological polar surface area (TPSA) is 62.5 Å². The Morgan fingerprint density at radius 1 is 1.20 bits per heavy atom. The summed E-state index contributed by atoms with van der Waals surface area (Å²) in [4.78, 5) is 26.3. The summed E-state index contributed by atoms with van der Waals surface area (Å²) < 4.78 is 1.22. The number of pyridine rings is 1. The summed E-state index contributed by atoms with van der Waals surface area (Å²) in [5.41, 5.74) is -0.244. The van der Waals surface area contributed by atoms with Crippen molar-refractivity contribution in [2.45, 2.75) is 13.8 Å². The molecule has 0 saturated carbocycles. The van der Waals surface area contributed by atoms with Crippen molar-refractivity contribution in [2.75, 3.05) is 13.1 Å². The van der Waals surface area contributed by atoms with Gasteiger partial charge in [0.25, 0.3) is 11.5 Å². The van der Waals surface area contributed by atoms with E-state index in [2.05, 4.69) is 0 Å². The first-order valence-corrected chi connectivity index (χ1v) is 6.62. The molecule has 0 aliphatic rings. The number of benzene rings is 1. The van der Waals surface area contributed by atoms with Gasteiger partial charge in [0.15, 0.2) is 11.4 Å². The summed E-state index contributed by atoms with van der Waals surface area (Å²) in [5.74, 6) is -0.475. The van der Waals surface area contributed by atoms with Crippen LogP contribution in [0.1, 0.15) is 24.3 Å². The molecule has 0 spiro atoms. The molecule has 0 aliphatic heterocycles. The maximum Gasteiger partial charge on any atom is 0.274 e. The quantitative estimate of drug-likeness (QED) is 0.927. The second kappa shape index (κ2) is 5.36. The summed E-state index contributed by atoms with van der Waals surface area (Å²) in [7, 11) is 1.51. The number of fused-ring (bicyclic) bond motifs is 1. The van der Waals surface area contributed by atoms with Gasteiger partial charge in [0.1, 0.15) is 0 Å². The normalized spacial score (nSPS) is 10.8. The van der Waals surface area contributed by atoms with E-state index in [1.54, 1.807) is 29.2 Å². The van der Waals surface area contributed by atoms with Gasteiger partial charge in [-0.2, -0.15) is 0 Å². The molecule has 0 saturated heterocycles. The smallest absolute Gasteiger partial charge is 0.274 e. The lowest BCUT2D eigenvalue weighted by atomic mass is 10.1. The van der Waals surface area contributed by atoms with Gasteiger partial charge < -0.3 is 14.6 Å². The number of carbonyl (C=O) groups is 1. The highest BCUT2D eigenvalue weighted by atomic mass is 16.3. The van der Waals surface area contributed by atoms with Crippen LogP contribution in [0.3, 0.4) is 0 Å². The van der Waals surface area contributed by atoms with Gasteiger partial charge in [-0.05, 0) is 19.9 Å². The zero-order valence-electron chi connectivity index (χ0n) is 11.9. The fraction of sp³-hybridized carbons (Fsp3) is 0.333. The van der Waals surface area contributed by atoms with Crippen LogP contribution in [-0.2, 0) is 7.05 Å². The molecule has 5 nitrogen and oxygen atoms in total. The van der Waals surface area contributed by atoms with Crippen molar-refractivity contribution in [1.82, 2.24) is 9.47 Å². The predicted octanol–water partition coefficient (Wildman–Crippen LogP) is 1.73. The maximum absolute atomic E-state index is 12.5. The molecule has 1 amide bonds. The molecule has 106 valence electrons. The lowest BCUT2D eigenvalue weighted by Gasteiger charge is -2.21. The molecule has 2 aromatic rings. The molecule has 20 heavy (non-hydrogen) atoms. The molecule has 0 atom stereocenters. The molecule has 0 aliphatic carbocycles. The van der Waals surface area contributed by atoms with Gasteiger partial charge in [0, 0.05) is 25.5 Å². The summed E-state index contributed by atoms with van der Waals surface area (Å²) in [6, 6.07) is 6.75. The zero-order chi connectivity index (χ0) is 14.9. The highest BCUT2D eigenvalue weighted by molar-refractivity contribution is 6.01. The number of carbonyl (C=O) groups excluding carboxylic acids is 1. The summed E-state index contributed by atoms with van der Waals surface area (Å²) in [5, 5.41) is 11.2. The minimum Gasteiger partial charge on any atom is -0.505 e. The second-order valence-corrected chi connectivity index (χ2v) is 4.58. The number of amides is 1. The molecule has 1 heterocycles. The Balaban J connectivity index is 2.78. The van der Waals surface area contributed by atoms with E-state index in [1.807, 2.05) is 13.8 Å². The first-order chi connectivity index (χ1) is 9.52. The fourth-order valence-corrected chi connectivity index (χ4v) is 2.35. The molecule has 0 fully saturated rings. The van der Waals surface area contributed by atoms with E-state index in [-0.39, 0.29) is 22.9 Å². The number of nitrogens with zero attached hydrogens (tertiary/aromatic N) is 2. The third-order valence-corrected chi connectivity index (χ3v) is 3.53. The highest BCUT2D eigenvalue weighted by Gasteiger charge is 2.23. The van der Waals surface area contributed by atoms with Gasteiger partial charge in [-0.1, -0.05) is 18.2 Å². The lowest BCUT2D eigenvalue weighted by molar-refractivity contribution is 0.0759. The minimum atomic E-state index is -0.335. The van der Waals surface area contributed by atoms with Crippen molar-refractivity contribution < 1.29 is 9.90 Å². The Labute approximate surface area is 117 Å². The summed E-state index contributed by atoms with van der Waals surface area (Å²) in [6.45, 7) is 4.76. The van der Waals surface area contributed by atoms with Crippen LogP contribution in [-0.4, -0.2) is 33.6 Å². The van der Waals surface area contributed by atoms with Crippen LogP contribution in [0.4, 0.5) is 0 Å². The van der Waals surface area contributed by atoms with Crippen LogP contribution < -0.4 is 5.56 Å². The van der Waals surface area contributed by atoms with Gasteiger partial charge in [0.2, 0.25) is 0 Å². The molecule has 0 bridgehead atoms. The number of hydrogen-bond donors (Lipinski definition) is 1. The first kappa shape index (κ1) is 14.1. The van der Waals surface area contributed by atoms with Crippen molar-refractivity contribution >= 4 is 16.7 Å². The number of aromatic hydroxyl groups is 1. The largest absolute Gasteiger partial charge is 0.505 e. The van der Waals surface area contributed by atoms with Gasteiger partial charge in [-0.25, -0.2) is 0 Å². The van der Waals surface area contributed by atoms with Crippen molar-refractivity contribution in [3.05, 3.63) is 40.3 Å². The number of aromatic nitrogens is 1. The fourth-order valence-electron chi connectivity index (χ4n) is 2.35. The molecule has 1 N–H and O–H groups in total. The molecule has 1 aromatic carbocycles. The Kier molecular flexibility index (Phi) is 3.79. The minimum absolute atomic E-state index is 0.0393. The van der Waals surface area contributed by atoms with Crippen LogP contribution >= 0.6 is 0 Å². The SMILES string of the molecule is CCN(CC)C(=O)c1c(O)c2ccccc2c(=O)n1C. The maximum atomic E-state index is 12.5. The Hall–Kier alpha value is -2.30.